The maximum absolute atomic E-state index is 12.9. The first-order chi connectivity index (χ1) is 12.8. The van der Waals surface area contributed by atoms with E-state index in [9.17, 15) is 8.42 Å². The number of nitrogens with one attached hydrogen (secondary N) is 1. The number of anilines is 1. The van der Waals surface area contributed by atoms with Gasteiger partial charge in [-0.3, -0.25) is 9.12 Å². The number of guanidine groups is 1. The third-order valence-electron chi connectivity index (χ3n) is 4.37. The molecule has 0 unspecified atom stereocenters. The summed E-state index contributed by atoms with van der Waals surface area (Å²) in [5, 5.41) is 1.97. The van der Waals surface area contributed by atoms with Gasteiger partial charge in [-0.2, -0.15) is 8.42 Å². The van der Waals surface area contributed by atoms with Crippen molar-refractivity contribution in [3.63, 3.8) is 0 Å². The standard InChI is InChI=1S/C17H18N6O2S2/c1-10-15(23-6-7-26-17(23)21-10)27(24,25)22-13-4-5-14-11(8-13)2-3-12(14)9-20-16(18)19/h4-9,22H,2-3H2,1H3,(H4,18,19,20)/b12-9-. The van der Waals surface area contributed by atoms with E-state index < -0.39 is 10.0 Å². The molecule has 1 aliphatic carbocycles. The summed E-state index contributed by atoms with van der Waals surface area (Å²) in [6.45, 7) is 1.69. The summed E-state index contributed by atoms with van der Waals surface area (Å²) in [6, 6.07) is 5.48. The Morgan fingerprint density at radius 1 is 1.37 bits per heavy atom. The van der Waals surface area contributed by atoms with Gasteiger partial charge in [-0.15, -0.1) is 11.3 Å². The minimum atomic E-state index is -3.76. The van der Waals surface area contributed by atoms with Gasteiger partial charge in [0.1, 0.15) is 0 Å². The second kappa shape index (κ2) is 6.39. The van der Waals surface area contributed by atoms with E-state index >= 15 is 0 Å². The van der Waals surface area contributed by atoms with Crippen LogP contribution in [0.3, 0.4) is 0 Å². The van der Waals surface area contributed by atoms with E-state index in [-0.39, 0.29) is 11.0 Å². The highest BCUT2D eigenvalue weighted by Gasteiger charge is 2.25. The molecule has 0 bridgehead atoms. The number of sulfonamides is 1. The number of imidazole rings is 1. The third kappa shape index (κ3) is 3.17. The summed E-state index contributed by atoms with van der Waals surface area (Å²) in [5.74, 6) is 0.0104. The number of thiazole rings is 1. The monoisotopic (exact) mass is 402 g/mol. The minimum Gasteiger partial charge on any atom is -0.370 e. The molecule has 0 atom stereocenters. The third-order valence-corrected chi connectivity index (χ3v) is 6.63. The average molecular weight is 403 g/mol. The highest BCUT2D eigenvalue weighted by Crippen LogP contribution is 2.34. The first kappa shape index (κ1) is 17.6. The Bertz CT molecular complexity index is 1200. The molecule has 5 N–H and O–H groups in total. The summed E-state index contributed by atoms with van der Waals surface area (Å²) >= 11 is 1.39. The van der Waals surface area contributed by atoms with Crippen molar-refractivity contribution in [3.05, 3.63) is 52.8 Å². The predicted molar refractivity (Wildman–Crippen MR) is 107 cm³/mol. The van der Waals surface area contributed by atoms with E-state index in [0.717, 1.165) is 29.5 Å². The zero-order valence-corrected chi connectivity index (χ0v) is 16.1. The Morgan fingerprint density at radius 2 is 2.19 bits per heavy atom. The lowest BCUT2D eigenvalue weighted by atomic mass is 10.1. The number of aryl methyl sites for hydroxylation is 2. The van der Waals surface area contributed by atoms with Crippen molar-refractivity contribution in [2.45, 2.75) is 24.8 Å². The van der Waals surface area contributed by atoms with Crippen LogP contribution in [0.15, 0.2) is 46.0 Å². The lowest BCUT2D eigenvalue weighted by Crippen LogP contribution is -2.21. The molecule has 0 amide bonds. The second-order valence-corrected chi connectivity index (χ2v) is 8.71. The summed E-state index contributed by atoms with van der Waals surface area (Å²) in [4.78, 5) is 8.90. The number of benzene rings is 1. The minimum absolute atomic E-state index is 0.0104. The highest BCUT2D eigenvalue weighted by atomic mass is 32.2. The maximum atomic E-state index is 12.9. The van der Waals surface area contributed by atoms with Crippen molar-refractivity contribution in [3.8, 4) is 0 Å². The topological polar surface area (TPSA) is 128 Å². The summed E-state index contributed by atoms with van der Waals surface area (Å²) in [6.07, 6.45) is 4.97. The second-order valence-electron chi connectivity index (χ2n) is 6.24. The number of hydrogen-bond acceptors (Lipinski definition) is 5. The van der Waals surface area contributed by atoms with Crippen molar-refractivity contribution in [2.24, 2.45) is 16.5 Å². The highest BCUT2D eigenvalue weighted by molar-refractivity contribution is 7.92. The van der Waals surface area contributed by atoms with Gasteiger partial charge >= 0.3 is 0 Å². The van der Waals surface area contributed by atoms with Crippen molar-refractivity contribution < 1.29 is 8.42 Å². The van der Waals surface area contributed by atoms with E-state index in [1.807, 2.05) is 12.1 Å². The van der Waals surface area contributed by atoms with Crippen LogP contribution in [-0.2, 0) is 16.4 Å². The number of aliphatic imine (C=N–C) groups is 1. The van der Waals surface area contributed by atoms with Crippen LogP contribution in [0.2, 0.25) is 0 Å². The zero-order chi connectivity index (χ0) is 19.2. The van der Waals surface area contributed by atoms with Crippen molar-refractivity contribution in [1.82, 2.24) is 9.38 Å². The average Bonchev–Trinajstić information content (AvgIpc) is 3.25. The number of aromatic nitrogens is 2. The van der Waals surface area contributed by atoms with E-state index in [4.69, 9.17) is 11.5 Å². The Labute approximate surface area is 160 Å². The Kier molecular flexibility index (Phi) is 4.16. The van der Waals surface area contributed by atoms with Crippen LogP contribution in [-0.4, -0.2) is 23.8 Å². The van der Waals surface area contributed by atoms with Gasteiger partial charge in [0.15, 0.2) is 15.9 Å². The van der Waals surface area contributed by atoms with Gasteiger partial charge in [-0.1, -0.05) is 6.07 Å². The molecule has 0 aliphatic heterocycles. The van der Waals surface area contributed by atoms with Crippen LogP contribution in [0.4, 0.5) is 5.69 Å². The molecular formula is C17H18N6O2S2. The largest absolute Gasteiger partial charge is 0.370 e. The molecular weight excluding hydrogens is 384 g/mol. The zero-order valence-electron chi connectivity index (χ0n) is 14.5. The van der Waals surface area contributed by atoms with E-state index in [2.05, 4.69) is 14.7 Å². The number of allylic oxidation sites excluding steroid dienone is 1. The van der Waals surface area contributed by atoms with Gasteiger partial charge in [0.25, 0.3) is 10.0 Å². The summed E-state index contributed by atoms with van der Waals surface area (Å²) < 4.78 is 30.1. The van der Waals surface area contributed by atoms with Crippen LogP contribution in [0.1, 0.15) is 23.2 Å². The molecule has 0 radical (unpaired) electrons. The molecule has 1 aromatic carbocycles. The van der Waals surface area contributed by atoms with Crippen molar-refractivity contribution in [2.75, 3.05) is 4.72 Å². The molecule has 4 rings (SSSR count). The summed E-state index contributed by atoms with van der Waals surface area (Å²) in [7, 11) is -3.76. The fourth-order valence-corrected chi connectivity index (χ4v) is 5.46. The molecule has 0 fully saturated rings. The fraction of sp³-hybridized carbons (Fsp3) is 0.176. The van der Waals surface area contributed by atoms with Crippen molar-refractivity contribution in [1.29, 1.82) is 0 Å². The first-order valence-corrected chi connectivity index (χ1v) is 10.6. The van der Waals surface area contributed by atoms with Crippen LogP contribution in [0, 0.1) is 6.92 Å². The molecule has 140 valence electrons. The van der Waals surface area contributed by atoms with Crippen molar-refractivity contribution >= 4 is 43.5 Å². The van der Waals surface area contributed by atoms with E-state index in [1.165, 1.54) is 11.3 Å². The van der Waals surface area contributed by atoms with Gasteiger partial charge in [0, 0.05) is 23.5 Å². The molecule has 3 aromatic rings. The number of nitrogens with two attached hydrogens (primary N) is 2. The molecule has 2 aromatic heterocycles. The van der Waals surface area contributed by atoms with Gasteiger partial charge in [-0.25, -0.2) is 9.98 Å². The molecule has 0 saturated heterocycles. The smallest absolute Gasteiger partial charge is 0.279 e. The lowest BCUT2D eigenvalue weighted by Gasteiger charge is -2.10. The summed E-state index contributed by atoms with van der Waals surface area (Å²) in [5.41, 5.74) is 14.8. The van der Waals surface area contributed by atoms with Gasteiger partial charge in [0.2, 0.25) is 0 Å². The van der Waals surface area contributed by atoms with Crippen LogP contribution >= 0.6 is 11.3 Å². The first-order valence-electron chi connectivity index (χ1n) is 8.21. The van der Waals surface area contributed by atoms with Crippen LogP contribution in [0.5, 0.6) is 0 Å². The molecule has 8 nitrogen and oxygen atoms in total. The SMILES string of the molecule is Cc1nc2sccn2c1S(=O)(=O)Nc1ccc2c(c1)CC/C2=C/N=C(N)N. The van der Waals surface area contributed by atoms with E-state index in [0.29, 0.717) is 16.3 Å². The normalized spacial score (nSPS) is 15.2. The number of nitrogens with zero attached hydrogens (tertiary/aromatic N) is 3. The van der Waals surface area contributed by atoms with Crippen LogP contribution in [0.25, 0.3) is 10.5 Å². The number of hydrogen-bond donors (Lipinski definition) is 3. The molecule has 27 heavy (non-hydrogen) atoms. The Balaban J connectivity index is 1.66. The van der Waals surface area contributed by atoms with Gasteiger partial charge < -0.3 is 11.5 Å². The number of fused-ring (bicyclic) bond motifs is 2. The Hall–Kier alpha value is -2.85. The van der Waals surface area contributed by atoms with Crippen LogP contribution < -0.4 is 16.2 Å². The fourth-order valence-electron chi connectivity index (χ4n) is 3.27. The quantitative estimate of drug-likeness (QED) is 0.455. The molecule has 0 saturated carbocycles. The molecule has 0 spiro atoms. The predicted octanol–water partition coefficient (Wildman–Crippen LogP) is 2.07. The lowest BCUT2D eigenvalue weighted by molar-refractivity contribution is 0.596. The van der Waals surface area contributed by atoms with Gasteiger partial charge in [-0.05, 0) is 48.6 Å². The van der Waals surface area contributed by atoms with Gasteiger partial charge in [0.05, 0.1) is 5.69 Å². The Morgan fingerprint density at radius 3 is 2.96 bits per heavy atom. The maximum Gasteiger partial charge on any atom is 0.279 e. The molecule has 2 heterocycles. The molecule has 10 heteroatoms. The molecule has 1 aliphatic rings. The van der Waals surface area contributed by atoms with E-state index in [1.54, 1.807) is 35.2 Å². The number of rotatable bonds is 4.